The number of halogens is 1. The zero-order chi connectivity index (χ0) is 19.2. The van der Waals surface area contributed by atoms with E-state index in [1.165, 1.54) is 11.8 Å². The highest BCUT2D eigenvalue weighted by Crippen LogP contribution is 2.24. The predicted molar refractivity (Wildman–Crippen MR) is 106 cm³/mol. The SMILES string of the molecule is COc1ccc(Cc2nnc(SCC(=O)Nc3ccc(C)cc3Cl)o2)cc1. The molecule has 0 fully saturated rings. The minimum atomic E-state index is -0.194. The van der Waals surface area contributed by atoms with Gasteiger partial charge in [-0.15, -0.1) is 10.2 Å². The maximum atomic E-state index is 12.1. The van der Waals surface area contributed by atoms with Gasteiger partial charge in [-0.2, -0.15) is 0 Å². The Kier molecular flexibility index (Phi) is 6.36. The molecule has 0 bridgehead atoms. The van der Waals surface area contributed by atoms with Gasteiger partial charge in [-0.3, -0.25) is 4.79 Å². The van der Waals surface area contributed by atoms with Crippen LogP contribution in [0.1, 0.15) is 17.0 Å². The molecule has 0 saturated heterocycles. The molecule has 3 rings (SSSR count). The van der Waals surface area contributed by atoms with Gasteiger partial charge in [-0.05, 0) is 42.3 Å². The Balaban J connectivity index is 1.52. The summed E-state index contributed by atoms with van der Waals surface area (Å²) < 4.78 is 10.7. The molecule has 1 N–H and O–H groups in total. The molecule has 0 saturated carbocycles. The van der Waals surface area contributed by atoms with Crippen LogP contribution in [-0.4, -0.2) is 29.0 Å². The van der Waals surface area contributed by atoms with Crippen LogP contribution >= 0.6 is 23.4 Å². The highest BCUT2D eigenvalue weighted by atomic mass is 35.5. The molecule has 6 nitrogen and oxygen atoms in total. The van der Waals surface area contributed by atoms with E-state index in [0.29, 0.717) is 28.2 Å². The number of anilines is 1. The van der Waals surface area contributed by atoms with Crippen molar-refractivity contribution in [2.45, 2.75) is 18.6 Å². The van der Waals surface area contributed by atoms with Crippen LogP contribution < -0.4 is 10.1 Å². The van der Waals surface area contributed by atoms with Gasteiger partial charge in [0.05, 0.1) is 30.0 Å². The summed E-state index contributed by atoms with van der Waals surface area (Å²) in [6.07, 6.45) is 0.517. The topological polar surface area (TPSA) is 77.2 Å². The van der Waals surface area contributed by atoms with Crippen LogP contribution in [0, 0.1) is 6.92 Å². The van der Waals surface area contributed by atoms with Crippen molar-refractivity contribution in [1.82, 2.24) is 10.2 Å². The molecular weight excluding hydrogens is 386 g/mol. The molecular formula is C19H18ClN3O3S. The molecule has 1 heterocycles. The van der Waals surface area contributed by atoms with Crippen LogP contribution in [0.25, 0.3) is 0 Å². The van der Waals surface area contributed by atoms with Gasteiger partial charge < -0.3 is 14.5 Å². The Morgan fingerprint density at radius 3 is 2.70 bits per heavy atom. The minimum absolute atomic E-state index is 0.147. The van der Waals surface area contributed by atoms with E-state index in [0.717, 1.165) is 16.9 Å². The molecule has 2 aromatic carbocycles. The molecule has 0 spiro atoms. The van der Waals surface area contributed by atoms with E-state index < -0.39 is 0 Å². The Morgan fingerprint density at radius 2 is 2.00 bits per heavy atom. The number of carbonyl (C=O) groups excluding carboxylic acids is 1. The maximum Gasteiger partial charge on any atom is 0.277 e. The third-order valence-electron chi connectivity index (χ3n) is 3.69. The van der Waals surface area contributed by atoms with E-state index in [4.69, 9.17) is 20.8 Å². The summed E-state index contributed by atoms with van der Waals surface area (Å²) in [5, 5.41) is 11.6. The molecule has 0 radical (unpaired) electrons. The summed E-state index contributed by atoms with van der Waals surface area (Å²) in [7, 11) is 1.62. The zero-order valence-electron chi connectivity index (χ0n) is 14.9. The second kappa shape index (κ2) is 8.92. The fourth-order valence-corrected chi connectivity index (χ4v) is 3.18. The number of aryl methyl sites for hydroxylation is 1. The Hall–Kier alpha value is -2.51. The predicted octanol–water partition coefficient (Wildman–Crippen LogP) is 4.36. The first kappa shape index (κ1) is 19.3. The van der Waals surface area contributed by atoms with Crippen molar-refractivity contribution >= 4 is 35.0 Å². The van der Waals surface area contributed by atoms with E-state index in [2.05, 4.69) is 15.5 Å². The Bertz CT molecular complexity index is 928. The third-order valence-corrected chi connectivity index (χ3v) is 4.82. The molecule has 1 aromatic heterocycles. The minimum Gasteiger partial charge on any atom is -0.497 e. The lowest BCUT2D eigenvalue weighted by molar-refractivity contribution is -0.113. The van der Waals surface area contributed by atoms with Gasteiger partial charge in [-0.25, -0.2) is 0 Å². The number of amides is 1. The molecule has 0 aliphatic heterocycles. The number of ether oxygens (including phenoxy) is 1. The van der Waals surface area contributed by atoms with E-state index in [9.17, 15) is 4.79 Å². The number of aromatic nitrogens is 2. The standard InChI is InChI=1S/C19H18ClN3O3S/c1-12-3-8-16(15(20)9-12)21-17(24)11-27-19-23-22-18(26-19)10-13-4-6-14(25-2)7-5-13/h3-9H,10-11H2,1-2H3,(H,21,24). The van der Waals surface area contributed by atoms with E-state index >= 15 is 0 Å². The maximum absolute atomic E-state index is 12.1. The summed E-state index contributed by atoms with van der Waals surface area (Å²) in [5.41, 5.74) is 2.64. The smallest absolute Gasteiger partial charge is 0.277 e. The number of nitrogens with zero attached hydrogens (tertiary/aromatic N) is 2. The fraction of sp³-hybridized carbons (Fsp3) is 0.211. The number of benzene rings is 2. The van der Waals surface area contributed by atoms with Crippen LogP contribution in [0.4, 0.5) is 5.69 Å². The zero-order valence-corrected chi connectivity index (χ0v) is 16.4. The van der Waals surface area contributed by atoms with Crippen LogP contribution in [0.3, 0.4) is 0 Å². The molecule has 0 unspecified atom stereocenters. The average Bonchev–Trinajstić information content (AvgIpc) is 3.10. The number of carbonyl (C=O) groups is 1. The van der Waals surface area contributed by atoms with E-state index in [-0.39, 0.29) is 11.7 Å². The van der Waals surface area contributed by atoms with E-state index in [1.807, 2.05) is 37.3 Å². The van der Waals surface area contributed by atoms with Crippen LogP contribution in [0.15, 0.2) is 52.1 Å². The number of hydrogen-bond acceptors (Lipinski definition) is 6. The summed E-state index contributed by atoms with van der Waals surface area (Å²) >= 11 is 7.30. The fourth-order valence-electron chi connectivity index (χ4n) is 2.32. The number of rotatable bonds is 7. The second-order valence-electron chi connectivity index (χ2n) is 5.81. The molecule has 0 atom stereocenters. The van der Waals surface area contributed by atoms with Crippen LogP contribution in [0.5, 0.6) is 5.75 Å². The van der Waals surface area contributed by atoms with Gasteiger partial charge in [0.25, 0.3) is 5.22 Å². The quantitative estimate of drug-likeness (QED) is 0.590. The molecule has 0 aliphatic carbocycles. The first-order chi connectivity index (χ1) is 13.0. The largest absolute Gasteiger partial charge is 0.497 e. The normalized spacial score (nSPS) is 10.6. The average molecular weight is 404 g/mol. The van der Waals surface area contributed by atoms with Gasteiger partial charge >= 0.3 is 0 Å². The molecule has 27 heavy (non-hydrogen) atoms. The van der Waals surface area contributed by atoms with Crippen molar-refractivity contribution in [2.75, 3.05) is 18.2 Å². The highest BCUT2D eigenvalue weighted by molar-refractivity contribution is 7.99. The van der Waals surface area contributed by atoms with Crippen molar-refractivity contribution in [3.05, 3.63) is 64.5 Å². The van der Waals surface area contributed by atoms with Crippen molar-refractivity contribution in [2.24, 2.45) is 0 Å². The van der Waals surface area contributed by atoms with Gasteiger partial charge in [-0.1, -0.05) is 41.6 Å². The summed E-state index contributed by atoms with van der Waals surface area (Å²) in [5.74, 6) is 1.24. The van der Waals surface area contributed by atoms with Crippen molar-refractivity contribution in [3.8, 4) is 5.75 Å². The summed E-state index contributed by atoms with van der Waals surface area (Å²) in [6.45, 7) is 1.94. The van der Waals surface area contributed by atoms with Gasteiger partial charge in [0, 0.05) is 0 Å². The Morgan fingerprint density at radius 1 is 1.22 bits per heavy atom. The lowest BCUT2D eigenvalue weighted by Crippen LogP contribution is -2.14. The third kappa shape index (κ3) is 5.48. The second-order valence-corrected chi connectivity index (χ2v) is 7.14. The van der Waals surface area contributed by atoms with Crippen molar-refractivity contribution in [1.29, 1.82) is 0 Å². The number of methoxy groups -OCH3 is 1. The monoisotopic (exact) mass is 403 g/mol. The first-order valence-corrected chi connectivity index (χ1v) is 9.54. The number of nitrogens with one attached hydrogen (secondary N) is 1. The molecule has 8 heteroatoms. The van der Waals surface area contributed by atoms with Crippen LogP contribution in [-0.2, 0) is 11.2 Å². The van der Waals surface area contributed by atoms with Crippen molar-refractivity contribution < 1.29 is 13.9 Å². The summed E-state index contributed by atoms with van der Waals surface area (Å²) in [6, 6.07) is 13.1. The Labute approximate surface area is 166 Å². The van der Waals surface area contributed by atoms with E-state index in [1.54, 1.807) is 19.2 Å². The first-order valence-electron chi connectivity index (χ1n) is 8.17. The van der Waals surface area contributed by atoms with Gasteiger partial charge in [0.2, 0.25) is 11.8 Å². The molecule has 1 amide bonds. The number of thioether (sulfide) groups is 1. The molecule has 0 aliphatic rings. The summed E-state index contributed by atoms with van der Waals surface area (Å²) in [4.78, 5) is 12.1. The lowest BCUT2D eigenvalue weighted by Gasteiger charge is -2.06. The molecule has 140 valence electrons. The highest BCUT2D eigenvalue weighted by Gasteiger charge is 2.12. The lowest BCUT2D eigenvalue weighted by atomic mass is 10.1. The molecule has 3 aromatic rings. The van der Waals surface area contributed by atoms with Gasteiger partial charge in [0.15, 0.2) is 0 Å². The number of hydrogen-bond donors (Lipinski definition) is 1. The van der Waals surface area contributed by atoms with Crippen molar-refractivity contribution in [3.63, 3.8) is 0 Å². The van der Waals surface area contributed by atoms with Gasteiger partial charge in [0.1, 0.15) is 5.75 Å². The van der Waals surface area contributed by atoms with Crippen LogP contribution in [0.2, 0.25) is 5.02 Å².